The third kappa shape index (κ3) is 3.89. The summed E-state index contributed by atoms with van der Waals surface area (Å²) in [5.41, 5.74) is 2.24. The van der Waals surface area contributed by atoms with Crippen molar-refractivity contribution in [3.63, 3.8) is 0 Å². The molecule has 6 heteroatoms. The van der Waals surface area contributed by atoms with Gasteiger partial charge in [0.25, 0.3) is 0 Å². The zero-order chi connectivity index (χ0) is 18.4. The van der Waals surface area contributed by atoms with Crippen molar-refractivity contribution in [1.29, 1.82) is 5.26 Å². The molecule has 0 aliphatic heterocycles. The lowest BCUT2D eigenvalue weighted by molar-refractivity contribution is -0.143. The number of ether oxygens (including phenoxy) is 2. The summed E-state index contributed by atoms with van der Waals surface area (Å²) >= 11 is 0. The van der Waals surface area contributed by atoms with Crippen LogP contribution in [0, 0.1) is 18.3 Å². The number of benzene rings is 1. The van der Waals surface area contributed by atoms with Crippen LogP contribution in [0.2, 0.25) is 0 Å². The van der Waals surface area contributed by atoms with E-state index in [0.717, 1.165) is 16.6 Å². The van der Waals surface area contributed by atoms with Crippen molar-refractivity contribution in [2.24, 2.45) is 0 Å². The largest absolute Gasteiger partial charge is 0.465 e. The average Bonchev–Trinajstić information content (AvgIpc) is 2.85. The fraction of sp³-hybridized carbons (Fsp3) is 0.316. The third-order valence-corrected chi connectivity index (χ3v) is 3.78. The van der Waals surface area contributed by atoms with Gasteiger partial charge < -0.3 is 14.0 Å². The quantitative estimate of drug-likeness (QED) is 0.459. The maximum absolute atomic E-state index is 11.9. The molecular weight excluding hydrogens is 320 g/mol. The van der Waals surface area contributed by atoms with E-state index in [4.69, 9.17) is 9.47 Å². The Morgan fingerprint density at radius 2 is 1.88 bits per heavy atom. The maximum atomic E-state index is 11.9. The van der Waals surface area contributed by atoms with Crippen LogP contribution in [0.4, 0.5) is 0 Å². The van der Waals surface area contributed by atoms with Crippen LogP contribution in [0.3, 0.4) is 0 Å². The fourth-order valence-electron chi connectivity index (χ4n) is 2.67. The van der Waals surface area contributed by atoms with E-state index in [0.29, 0.717) is 12.2 Å². The van der Waals surface area contributed by atoms with Crippen molar-refractivity contribution in [1.82, 2.24) is 4.57 Å². The Kier molecular flexibility index (Phi) is 5.96. The molecule has 0 saturated carbocycles. The van der Waals surface area contributed by atoms with Gasteiger partial charge in [0.1, 0.15) is 18.2 Å². The first kappa shape index (κ1) is 18.3. The predicted octanol–water partition coefficient (Wildman–Crippen LogP) is 2.98. The minimum Gasteiger partial charge on any atom is -0.465 e. The van der Waals surface area contributed by atoms with E-state index in [9.17, 15) is 14.9 Å². The molecule has 1 aromatic heterocycles. The van der Waals surface area contributed by atoms with Gasteiger partial charge in [-0.3, -0.25) is 4.79 Å². The van der Waals surface area contributed by atoms with E-state index in [-0.39, 0.29) is 24.7 Å². The normalized spacial score (nSPS) is 11.2. The van der Waals surface area contributed by atoms with Crippen molar-refractivity contribution in [2.45, 2.75) is 27.3 Å². The molecule has 0 aliphatic rings. The lowest BCUT2D eigenvalue weighted by Crippen LogP contribution is -2.14. The molecule has 0 aliphatic carbocycles. The first-order valence-electron chi connectivity index (χ1n) is 8.05. The van der Waals surface area contributed by atoms with Crippen molar-refractivity contribution in [3.8, 4) is 6.07 Å². The molecule has 0 bridgehead atoms. The summed E-state index contributed by atoms with van der Waals surface area (Å²) < 4.78 is 11.8. The molecule has 1 aromatic carbocycles. The molecule has 1 heterocycles. The Balaban J connectivity index is 2.58. The van der Waals surface area contributed by atoms with Crippen LogP contribution in [0.25, 0.3) is 17.0 Å². The number of para-hydroxylation sites is 1. The minimum absolute atomic E-state index is 0.0648. The number of hydrogen-bond acceptors (Lipinski definition) is 5. The lowest BCUT2D eigenvalue weighted by atomic mass is 10.1. The highest BCUT2D eigenvalue weighted by atomic mass is 16.5. The van der Waals surface area contributed by atoms with Crippen LogP contribution < -0.4 is 0 Å². The molecule has 0 saturated heterocycles. The van der Waals surface area contributed by atoms with Crippen LogP contribution in [0.5, 0.6) is 0 Å². The molecule has 0 N–H and O–H groups in total. The van der Waals surface area contributed by atoms with Crippen molar-refractivity contribution in [2.75, 3.05) is 13.2 Å². The van der Waals surface area contributed by atoms with Gasteiger partial charge in [-0.15, -0.1) is 0 Å². The van der Waals surface area contributed by atoms with E-state index in [1.165, 1.54) is 6.08 Å². The first-order chi connectivity index (χ1) is 12.0. The summed E-state index contributed by atoms with van der Waals surface area (Å²) in [6, 6.07) is 9.39. The molecule has 0 spiro atoms. The summed E-state index contributed by atoms with van der Waals surface area (Å²) in [4.78, 5) is 23.8. The zero-order valence-electron chi connectivity index (χ0n) is 14.5. The first-order valence-corrected chi connectivity index (χ1v) is 8.05. The van der Waals surface area contributed by atoms with Gasteiger partial charge in [0, 0.05) is 22.2 Å². The SMILES string of the molecule is CCOC(=O)Cn1c(C)c(/C=C(\C#N)C(=O)OCC)c2ccccc21. The number of carbonyl (C=O) groups excluding carboxylic acids is 2. The number of nitrogens with zero attached hydrogens (tertiary/aromatic N) is 2. The predicted molar refractivity (Wildman–Crippen MR) is 93.5 cm³/mol. The van der Waals surface area contributed by atoms with Crippen molar-refractivity contribution in [3.05, 3.63) is 41.1 Å². The second-order valence-corrected chi connectivity index (χ2v) is 5.30. The Morgan fingerprint density at radius 1 is 1.20 bits per heavy atom. The smallest absolute Gasteiger partial charge is 0.348 e. The van der Waals surface area contributed by atoms with Gasteiger partial charge in [0.05, 0.1) is 13.2 Å². The summed E-state index contributed by atoms with van der Waals surface area (Å²) in [5.74, 6) is -1.00. The Hall–Kier alpha value is -3.07. The second-order valence-electron chi connectivity index (χ2n) is 5.30. The van der Waals surface area contributed by atoms with Gasteiger partial charge in [-0.1, -0.05) is 18.2 Å². The van der Waals surface area contributed by atoms with Crippen molar-refractivity contribution >= 4 is 28.9 Å². The topological polar surface area (TPSA) is 81.3 Å². The van der Waals surface area contributed by atoms with E-state index in [1.807, 2.05) is 41.8 Å². The van der Waals surface area contributed by atoms with Crippen LogP contribution in [-0.4, -0.2) is 29.7 Å². The second kappa shape index (κ2) is 8.15. The van der Waals surface area contributed by atoms with Crippen LogP contribution in [0.15, 0.2) is 29.8 Å². The van der Waals surface area contributed by atoms with E-state index >= 15 is 0 Å². The molecule has 0 amide bonds. The number of carbonyl (C=O) groups is 2. The van der Waals surface area contributed by atoms with Gasteiger partial charge in [0.2, 0.25) is 0 Å². The number of aromatic nitrogens is 1. The number of rotatable bonds is 6. The van der Waals surface area contributed by atoms with E-state index in [2.05, 4.69) is 0 Å². The van der Waals surface area contributed by atoms with Gasteiger partial charge in [-0.25, -0.2) is 4.79 Å². The van der Waals surface area contributed by atoms with Crippen molar-refractivity contribution < 1.29 is 19.1 Å². The summed E-state index contributed by atoms with van der Waals surface area (Å²) in [6.45, 7) is 5.85. The Bertz CT molecular complexity index is 871. The van der Waals surface area contributed by atoms with E-state index < -0.39 is 5.97 Å². The van der Waals surface area contributed by atoms with Crippen LogP contribution >= 0.6 is 0 Å². The number of fused-ring (bicyclic) bond motifs is 1. The highest BCUT2D eigenvalue weighted by Gasteiger charge is 2.18. The third-order valence-electron chi connectivity index (χ3n) is 3.78. The standard InChI is InChI=1S/C19H20N2O4/c1-4-24-18(22)12-21-13(3)16(15-8-6-7-9-17(15)21)10-14(11-20)19(23)25-5-2/h6-10H,4-5,12H2,1-3H3/b14-10+. The highest BCUT2D eigenvalue weighted by molar-refractivity contribution is 6.02. The van der Waals surface area contributed by atoms with Crippen LogP contribution in [-0.2, 0) is 25.6 Å². The zero-order valence-corrected chi connectivity index (χ0v) is 14.5. The molecular formula is C19H20N2O4. The average molecular weight is 340 g/mol. The lowest BCUT2D eigenvalue weighted by Gasteiger charge is -2.07. The molecule has 0 radical (unpaired) electrons. The van der Waals surface area contributed by atoms with Gasteiger partial charge in [0.15, 0.2) is 0 Å². The molecule has 6 nitrogen and oxygen atoms in total. The monoisotopic (exact) mass is 340 g/mol. The maximum Gasteiger partial charge on any atom is 0.348 e. The molecule has 130 valence electrons. The Morgan fingerprint density at radius 3 is 2.52 bits per heavy atom. The number of esters is 2. The molecule has 0 atom stereocenters. The van der Waals surface area contributed by atoms with Gasteiger partial charge in [-0.2, -0.15) is 5.26 Å². The number of nitriles is 1. The fourth-order valence-corrected chi connectivity index (χ4v) is 2.67. The molecule has 0 fully saturated rings. The van der Waals surface area contributed by atoms with E-state index in [1.54, 1.807) is 13.8 Å². The molecule has 2 rings (SSSR count). The molecule has 25 heavy (non-hydrogen) atoms. The summed E-state index contributed by atoms with van der Waals surface area (Å²) in [6.07, 6.45) is 1.51. The minimum atomic E-state index is -0.661. The van der Waals surface area contributed by atoms with Gasteiger partial charge >= 0.3 is 11.9 Å². The summed E-state index contributed by atoms with van der Waals surface area (Å²) in [5, 5.41) is 10.1. The summed E-state index contributed by atoms with van der Waals surface area (Å²) in [7, 11) is 0. The molecule has 2 aromatic rings. The number of hydrogen-bond donors (Lipinski definition) is 0. The highest BCUT2D eigenvalue weighted by Crippen LogP contribution is 2.28. The van der Waals surface area contributed by atoms with Crippen LogP contribution in [0.1, 0.15) is 25.1 Å². The Labute approximate surface area is 146 Å². The molecule has 0 unspecified atom stereocenters. The van der Waals surface area contributed by atoms with Gasteiger partial charge in [-0.05, 0) is 32.9 Å².